The van der Waals surface area contributed by atoms with Gasteiger partial charge in [0.2, 0.25) is 0 Å². The number of nitrogens with zero attached hydrogens (tertiary/aromatic N) is 3. The Morgan fingerprint density at radius 2 is 1.37 bits per heavy atom. The van der Waals surface area contributed by atoms with Crippen LogP contribution in [0.4, 0.5) is 0 Å². The van der Waals surface area contributed by atoms with E-state index in [9.17, 15) is 0 Å². The average Bonchev–Trinajstić information content (AvgIpc) is 2.67. The molecule has 0 bridgehead atoms. The van der Waals surface area contributed by atoms with Crippen molar-refractivity contribution in [3.8, 4) is 11.3 Å². The second-order valence-electron chi connectivity index (χ2n) is 7.08. The van der Waals surface area contributed by atoms with Crippen LogP contribution in [0.5, 0.6) is 0 Å². The lowest BCUT2D eigenvalue weighted by Crippen LogP contribution is -1.97. The second kappa shape index (κ2) is 5.85. The van der Waals surface area contributed by atoms with Crippen molar-refractivity contribution in [3.05, 3.63) is 77.6 Å². The molecule has 0 aliphatic rings. The van der Waals surface area contributed by atoms with E-state index in [-0.39, 0.29) is 0 Å². The molecule has 3 heteroatoms. The molecule has 0 saturated heterocycles. The second-order valence-corrected chi connectivity index (χ2v) is 7.08. The Balaban J connectivity index is 1.87. The lowest BCUT2D eigenvalue weighted by atomic mass is 10.0. The number of hydrogen-bond acceptors (Lipinski definition) is 3. The molecular formula is C24H19N3. The molecule has 130 valence electrons. The van der Waals surface area contributed by atoms with Crippen molar-refractivity contribution >= 4 is 32.7 Å². The maximum absolute atomic E-state index is 5.08. The Hall–Kier alpha value is -3.33. The van der Waals surface area contributed by atoms with E-state index in [4.69, 9.17) is 15.0 Å². The normalized spacial score (nSPS) is 11.5. The van der Waals surface area contributed by atoms with E-state index < -0.39 is 0 Å². The minimum Gasteiger partial charge on any atom is -0.252 e. The first-order valence-electron chi connectivity index (χ1n) is 9.15. The Morgan fingerprint density at radius 1 is 0.667 bits per heavy atom. The van der Waals surface area contributed by atoms with Crippen LogP contribution in [0.1, 0.15) is 17.0 Å². The molecule has 27 heavy (non-hydrogen) atoms. The molecule has 0 aliphatic carbocycles. The molecule has 0 amide bonds. The number of para-hydroxylation sites is 2. The van der Waals surface area contributed by atoms with Gasteiger partial charge < -0.3 is 0 Å². The van der Waals surface area contributed by atoms with Crippen molar-refractivity contribution in [2.75, 3.05) is 0 Å². The summed E-state index contributed by atoms with van der Waals surface area (Å²) in [6.07, 6.45) is 0. The molecule has 0 spiro atoms. The fourth-order valence-electron chi connectivity index (χ4n) is 3.94. The highest BCUT2D eigenvalue weighted by molar-refractivity contribution is 6.06. The third kappa shape index (κ3) is 2.47. The number of pyridine rings is 3. The van der Waals surface area contributed by atoms with Crippen molar-refractivity contribution < 1.29 is 0 Å². The highest BCUT2D eigenvalue weighted by atomic mass is 14.8. The SMILES string of the molecule is Cc1nc2ccccc2cc1-c1cc(C)c2c(C)nc3ccccc3c2n1. The summed E-state index contributed by atoms with van der Waals surface area (Å²) in [4.78, 5) is 14.6. The van der Waals surface area contributed by atoms with Gasteiger partial charge in [-0.3, -0.25) is 9.97 Å². The summed E-state index contributed by atoms with van der Waals surface area (Å²) in [6.45, 7) is 6.26. The van der Waals surface area contributed by atoms with Crippen molar-refractivity contribution in [2.45, 2.75) is 20.8 Å². The molecule has 2 aromatic carbocycles. The van der Waals surface area contributed by atoms with Crippen molar-refractivity contribution in [3.63, 3.8) is 0 Å². The molecule has 3 nitrogen and oxygen atoms in total. The first-order valence-corrected chi connectivity index (χ1v) is 9.15. The number of rotatable bonds is 1. The third-order valence-electron chi connectivity index (χ3n) is 5.22. The predicted molar refractivity (Wildman–Crippen MR) is 112 cm³/mol. The zero-order valence-electron chi connectivity index (χ0n) is 15.6. The van der Waals surface area contributed by atoms with E-state index in [0.29, 0.717) is 0 Å². The van der Waals surface area contributed by atoms with Gasteiger partial charge in [-0.15, -0.1) is 0 Å². The number of aromatic nitrogens is 3. The van der Waals surface area contributed by atoms with E-state index in [0.717, 1.165) is 55.4 Å². The summed E-state index contributed by atoms with van der Waals surface area (Å²) >= 11 is 0. The summed E-state index contributed by atoms with van der Waals surface area (Å²) in [5, 5.41) is 3.37. The fourth-order valence-corrected chi connectivity index (χ4v) is 3.94. The summed E-state index contributed by atoms with van der Waals surface area (Å²) in [5.41, 5.74) is 8.27. The van der Waals surface area contributed by atoms with Crippen LogP contribution in [0.2, 0.25) is 0 Å². The first kappa shape index (κ1) is 15.9. The van der Waals surface area contributed by atoms with Gasteiger partial charge in [-0.2, -0.15) is 0 Å². The quantitative estimate of drug-likeness (QED) is 0.352. The summed E-state index contributed by atoms with van der Waals surface area (Å²) in [5.74, 6) is 0. The van der Waals surface area contributed by atoms with Gasteiger partial charge in [0.15, 0.2) is 0 Å². The van der Waals surface area contributed by atoms with Gasteiger partial charge in [-0.25, -0.2) is 4.98 Å². The van der Waals surface area contributed by atoms with Crippen LogP contribution in [0.25, 0.3) is 44.0 Å². The standard InChI is InChI=1S/C24H19N3/c1-14-12-22(19-13-17-8-4-6-10-20(17)25-15(19)2)27-24-18-9-5-7-11-21(18)26-16(3)23(14)24/h4-13H,1-3H3. The van der Waals surface area contributed by atoms with E-state index in [1.54, 1.807) is 0 Å². The minimum absolute atomic E-state index is 0.964. The summed E-state index contributed by atoms with van der Waals surface area (Å²) < 4.78 is 0. The zero-order valence-corrected chi connectivity index (χ0v) is 15.6. The van der Waals surface area contributed by atoms with Gasteiger partial charge in [0.25, 0.3) is 0 Å². The minimum atomic E-state index is 0.964. The van der Waals surface area contributed by atoms with Crippen molar-refractivity contribution in [2.24, 2.45) is 0 Å². The van der Waals surface area contributed by atoms with Crippen LogP contribution in [0.3, 0.4) is 0 Å². The zero-order chi connectivity index (χ0) is 18.5. The van der Waals surface area contributed by atoms with Gasteiger partial charge in [-0.1, -0.05) is 36.4 Å². The maximum Gasteiger partial charge on any atom is 0.0824 e. The Morgan fingerprint density at radius 3 is 2.22 bits per heavy atom. The molecule has 5 aromatic rings. The Bertz CT molecular complexity index is 1350. The lowest BCUT2D eigenvalue weighted by molar-refractivity contribution is 1.23. The van der Waals surface area contributed by atoms with Crippen LogP contribution in [-0.2, 0) is 0 Å². The van der Waals surface area contributed by atoms with Gasteiger partial charge >= 0.3 is 0 Å². The average molecular weight is 349 g/mol. The molecule has 0 aliphatic heterocycles. The van der Waals surface area contributed by atoms with Crippen LogP contribution < -0.4 is 0 Å². The Labute approximate surface area is 157 Å². The number of fused-ring (bicyclic) bond motifs is 4. The van der Waals surface area contributed by atoms with E-state index in [1.165, 1.54) is 5.56 Å². The highest BCUT2D eigenvalue weighted by Crippen LogP contribution is 2.32. The smallest absolute Gasteiger partial charge is 0.0824 e. The van der Waals surface area contributed by atoms with Crippen LogP contribution in [0, 0.1) is 20.8 Å². The third-order valence-corrected chi connectivity index (χ3v) is 5.22. The summed E-state index contributed by atoms with van der Waals surface area (Å²) in [6, 6.07) is 20.8. The summed E-state index contributed by atoms with van der Waals surface area (Å²) in [7, 11) is 0. The molecule has 0 atom stereocenters. The van der Waals surface area contributed by atoms with E-state index in [1.807, 2.05) is 36.4 Å². The van der Waals surface area contributed by atoms with Crippen molar-refractivity contribution in [1.29, 1.82) is 0 Å². The first-order chi connectivity index (χ1) is 13.1. The van der Waals surface area contributed by atoms with Gasteiger partial charge in [0, 0.05) is 33.1 Å². The monoisotopic (exact) mass is 349 g/mol. The fraction of sp³-hybridized carbons (Fsp3) is 0.125. The molecule has 3 heterocycles. The van der Waals surface area contributed by atoms with E-state index >= 15 is 0 Å². The molecule has 0 fully saturated rings. The molecular weight excluding hydrogens is 330 g/mol. The van der Waals surface area contributed by atoms with Crippen LogP contribution in [-0.4, -0.2) is 15.0 Å². The van der Waals surface area contributed by atoms with E-state index in [2.05, 4.69) is 45.0 Å². The lowest BCUT2D eigenvalue weighted by Gasteiger charge is -2.13. The Kier molecular flexibility index (Phi) is 3.44. The van der Waals surface area contributed by atoms with Gasteiger partial charge in [0.05, 0.1) is 22.2 Å². The molecule has 0 saturated carbocycles. The molecule has 0 unspecified atom stereocenters. The van der Waals surface area contributed by atoms with Gasteiger partial charge in [-0.05, 0) is 50.6 Å². The van der Waals surface area contributed by atoms with Gasteiger partial charge in [0.1, 0.15) is 0 Å². The van der Waals surface area contributed by atoms with Crippen molar-refractivity contribution in [1.82, 2.24) is 15.0 Å². The number of hydrogen-bond donors (Lipinski definition) is 0. The predicted octanol–water partition coefficient (Wildman–Crippen LogP) is 5.92. The molecule has 0 radical (unpaired) electrons. The molecule has 5 rings (SSSR count). The largest absolute Gasteiger partial charge is 0.252 e. The topological polar surface area (TPSA) is 38.7 Å². The molecule has 3 aromatic heterocycles. The van der Waals surface area contributed by atoms with Crippen LogP contribution in [0.15, 0.2) is 60.7 Å². The maximum atomic E-state index is 5.08. The number of benzene rings is 2. The molecule has 0 N–H and O–H groups in total. The van der Waals surface area contributed by atoms with Crippen LogP contribution >= 0.6 is 0 Å². The number of aryl methyl sites for hydroxylation is 3. The highest BCUT2D eigenvalue weighted by Gasteiger charge is 2.14.